The Morgan fingerprint density at radius 1 is 1.27 bits per heavy atom. The summed E-state index contributed by atoms with van der Waals surface area (Å²) in [6.07, 6.45) is 0.638. The van der Waals surface area contributed by atoms with E-state index in [4.69, 9.17) is 10.5 Å². The van der Waals surface area contributed by atoms with Gasteiger partial charge in [0.2, 0.25) is 6.43 Å². The van der Waals surface area contributed by atoms with Crippen molar-refractivity contribution >= 4 is 22.6 Å². The summed E-state index contributed by atoms with van der Waals surface area (Å²) in [5.74, 6) is 0.646. The van der Waals surface area contributed by atoms with Crippen molar-refractivity contribution in [2.45, 2.75) is 51.9 Å². The lowest BCUT2D eigenvalue weighted by molar-refractivity contribution is 0.0726. The van der Waals surface area contributed by atoms with Gasteiger partial charge in [-0.25, -0.2) is 18.7 Å². The van der Waals surface area contributed by atoms with Crippen LogP contribution in [0.25, 0.3) is 10.9 Å². The second-order valence-corrected chi connectivity index (χ2v) is 8.67. The molecule has 1 aliphatic heterocycles. The van der Waals surface area contributed by atoms with E-state index in [9.17, 15) is 13.6 Å². The molecule has 0 bridgehead atoms. The topological polar surface area (TPSA) is 107 Å². The molecule has 0 aromatic carbocycles. The van der Waals surface area contributed by atoms with Gasteiger partial charge in [-0.15, -0.1) is 0 Å². The Bertz CT molecular complexity index is 1200. The molecular formula is C23H24F2N6O2. The number of carbonyl (C=O) groups is 1. The van der Waals surface area contributed by atoms with Gasteiger partial charge in [-0.3, -0.25) is 4.79 Å². The highest BCUT2D eigenvalue weighted by Crippen LogP contribution is 2.38. The summed E-state index contributed by atoms with van der Waals surface area (Å²) in [6, 6.07) is 4.93. The highest BCUT2D eigenvalue weighted by molar-refractivity contribution is 5.97. The van der Waals surface area contributed by atoms with Gasteiger partial charge in [0.15, 0.2) is 0 Å². The molecule has 1 amide bonds. The molecule has 8 nitrogen and oxygen atoms in total. The summed E-state index contributed by atoms with van der Waals surface area (Å²) in [6.45, 7) is 3.14. The number of nitrogen functional groups attached to an aromatic ring is 1. The number of aromatic nitrogens is 4. The van der Waals surface area contributed by atoms with Gasteiger partial charge in [-0.2, -0.15) is 10.2 Å². The van der Waals surface area contributed by atoms with Crippen LogP contribution in [0.1, 0.15) is 58.9 Å². The number of rotatable bonds is 7. The maximum Gasteiger partial charge on any atom is 0.272 e. The molecule has 5 rings (SSSR count). The third-order valence-electron chi connectivity index (χ3n) is 6.11. The molecule has 3 aromatic rings. The predicted molar refractivity (Wildman–Crippen MR) is 116 cm³/mol. The van der Waals surface area contributed by atoms with Gasteiger partial charge in [0, 0.05) is 17.5 Å². The number of carbonyl (C=O) groups excluding carboxylic acids is 1. The lowest BCUT2D eigenvalue weighted by Gasteiger charge is -2.22. The van der Waals surface area contributed by atoms with Gasteiger partial charge in [0.25, 0.3) is 5.91 Å². The first-order valence-electron chi connectivity index (χ1n) is 11.0. The molecule has 1 saturated carbocycles. The van der Waals surface area contributed by atoms with E-state index < -0.39 is 12.8 Å². The number of hydrogen-bond acceptors (Lipinski definition) is 7. The lowest BCUT2D eigenvalue weighted by Crippen LogP contribution is -2.33. The molecule has 0 radical (unpaired) electrons. The molecule has 3 aromatic heterocycles. The van der Waals surface area contributed by atoms with Gasteiger partial charge in [0.1, 0.15) is 11.5 Å². The fraction of sp³-hybridized carbons (Fsp3) is 0.435. The van der Waals surface area contributed by atoms with E-state index in [-0.39, 0.29) is 24.2 Å². The van der Waals surface area contributed by atoms with Gasteiger partial charge < -0.3 is 15.4 Å². The van der Waals surface area contributed by atoms with Crippen molar-refractivity contribution in [2.24, 2.45) is 5.92 Å². The van der Waals surface area contributed by atoms with Crippen LogP contribution in [0.4, 0.5) is 14.6 Å². The molecular weight excluding hydrogens is 430 g/mol. The Kier molecular flexibility index (Phi) is 5.61. The predicted octanol–water partition coefficient (Wildman–Crippen LogP) is 3.45. The zero-order valence-corrected chi connectivity index (χ0v) is 18.2. The zero-order chi connectivity index (χ0) is 23.1. The summed E-state index contributed by atoms with van der Waals surface area (Å²) in [5, 5.41) is 8.74. The number of nitrogens with zero attached hydrogens (tertiary/aromatic N) is 5. The maximum absolute atomic E-state index is 13.4. The van der Waals surface area contributed by atoms with Crippen LogP contribution in [-0.4, -0.2) is 43.9 Å². The van der Waals surface area contributed by atoms with Crippen molar-refractivity contribution in [2.75, 3.05) is 12.3 Å². The molecule has 172 valence electrons. The van der Waals surface area contributed by atoms with Crippen molar-refractivity contribution in [3.8, 4) is 0 Å². The summed E-state index contributed by atoms with van der Waals surface area (Å²) >= 11 is 0. The lowest BCUT2D eigenvalue weighted by atomic mass is 10.0. The molecule has 33 heavy (non-hydrogen) atoms. The minimum Gasteiger partial charge on any atom is -0.383 e. The van der Waals surface area contributed by atoms with E-state index in [2.05, 4.69) is 20.2 Å². The number of amides is 1. The molecule has 4 heterocycles. The highest BCUT2D eigenvalue weighted by Gasteiger charge is 2.30. The van der Waals surface area contributed by atoms with Crippen molar-refractivity contribution in [3.05, 3.63) is 52.6 Å². The monoisotopic (exact) mass is 454 g/mol. The largest absolute Gasteiger partial charge is 0.383 e. The molecule has 0 unspecified atom stereocenters. The Hall–Kier alpha value is -3.27. The number of hydrogen-bond donors (Lipinski definition) is 1. The molecule has 1 aliphatic carbocycles. The Morgan fingerprint density at radius 3 is 2.73 bits per heavy atom. The van der Waals surface area contributed by atoms with E-state index >= 15 is 0 Å². The quantitative estimate of drug-likeness (QED) is 0.583. The number of fused-ring (bicyclic) bond motifs is 3. The summed E-state index contributed by atoms with van der Waals surface area (Å²) in [7, 11) is 0. The molecule has 1 atom stereocenters. The van der Waals surface area contributed by atoms with Crippen LogP contribution >= 0.6 is 0 Å². The van der Waals surface area contributed by atoms with Crippen molar-refractivity contribution in [1.82, 2.24) is 25.1 Å². The Balaban J connectivity index is 1.43. The summed E-state index contributed by atoms with van der Waals surface area (Å²) in [4.78, 5) is 23.9. The number of anilines is 1. The molecule has 0 spiro atoms. The molecule has 2 aliphatic rings. The van der Waals surface area contributed by atoms with Crippen LogP contribution in [0.2, 0.25) is 0 Å². The summed E-state index contributed by atoms with van der Waals surface area (Å²) < 4.78 is 30.9. The number of nitrogens with two attached hydrogens (primary N) is 1. The summed E-state index contributed by atoms with van der Waals surface area (Å²) in [5.41, 5.74) is 9.60. The molecule has 2 N–H and O–H groups in total. The number of pyridine rings is 2. The smallest absolute Gasteiger partial charge is 0.272 e. The first-order valence-corrected chi connectivity index (χ1v) is 11.0. The highest BCUT2D eigenvalue weighted by atomic mass is 19.3. The van der Waals surface area contributed by atoms with Gasteiger partial charge >= 0.3 is 0 Å². The van der Waals surface area contributed by atoms with E-state index in [1.54, 1.807) is 23.2 Å². The first-order chi connectivity index (χ1) is 15.9. The number of ether oxygens (including phenoxy) is 1. The minimum atomic E-state index is -2.48. The van der Waals surface area contributed by atoms with E-state index in [0.29, 0.717) is 41.8 Å². The number of halogens is 2. The van der Waals surface area contributed by atoms with Crippen molar-refractivity contribution < 1.29 is 18.3 Å². The third kappa shape index (κ3) is 4.47. The fourth-order valence-electron chi connectivity index (χ4n) is 4.21. The Morgan fingerprint density at radius 2 is 2.03 bits per heavy atom. The second-order valence-electron chi connectivity index (χ2n) is 8.67. The normalized spacial score (nSPS) is 17.5. The van der Waals surface area contributed by atoms with Gasteiger partial charge in [-0.1, -0.05) is 0 Å². The van der Waals surface area contributed by atoms with Gasteiger partial charge in [-0.05, 0) is 49.4 Å². The molecule has 1 fully saturated rings. The van der Waals surface area contributed by atoms with Crippen LogP contribution in [0.15, 0.2) is 24.4 Å². The zero-order valence-electron chi connectivity index (χ0n) is 18.2. The minimum absolute atomic E-state index is 0.151. The van der Waals surface area contributed by atoms with Crippen molar-refractivity contribution in [1.29, 1.82) is 0 Å². The molecule has 0 saturated heterocycles. The first kappa shape index (κ1) is 21.6. The molecule has 10 heteroatoms. The Labute approximate surface area is 189 Å². The van der Waals surface area contributed by atoms with Crippen LogP contribution < -0.4 is 5.73 Å². The second kappa shape index (κ2) is 8.58. The van der Waals surface area contributed by atoms with Crippen LogP contribution in [0, 0.1) is 5.92 Å². The van der Waals surface area contributed by atoms with E-state index in [1.807, 2.05) is 6.92 Å². The third-order valence-corrected chi connectivity index (χ3v) is 6.11. The maximum atomic E-state index is 13.4. The van der Waals surface area contributed by atoms with E-state index in [0.717, 1.165) is 29.4 Å². The van der Waals surface area contributed by atoms with Crippen LogP contribution in [0.5, 0.6) is 0 Å². The number of alkyl halides is 2. The standard InChI is InChI=1S/C23H24F2N6O2/c1-12-21-17(11-33-12)16-7-18(27-8-19(16)28-22(21)26)23(32)31(9-13-2-3-13)10-15-5-4-14(29-30-15)6-20(24)25/h4-5,7-8,12-13,20H,2-3,6,9-11H2,1H3,(H2,26,28)/t12-/m1/s1. The average Bonchev–Trinajstić information content (AvgIpc) is 3.52. The fourth-order valence-corrected chi connectivity index (χ4v) is 4.21. The SMILES string of the molecule is C[C@H]1OCc2c1c(N)nc1cnc(C(=O)N(Cc3ccc(CC(F)F)nn3)CC3CC3)cc21. The van der Waals surface area contributed by atoms with Gasteiger partial charge in [0.05, 0.1) is 48.8 Å². The van der Waals surface area contributed by atoms with Crippen molar-refractivity contribution in [3.63, 3.8) is 0 Å². The van der Waals surface area contributed by atoms with E-state index in [1.165, 1.54) is 6.07 Å². The van der Waals surface area contributed by atoms with Crippen LogP contribution in [-0.2, 0) is 24.3 Å². The average molecular weight is 454 g/mol. The van der Waals surface area contributed by atoms with Crippen LogP contribution in [0.3, 0.4) is 0 Å².